The fourth-order valence-corrected chi connectivity index (χ4v) is 3.97. The molecule has 2 rings (SSSR count). The monoisotopic (exact) mass is 317 g/mol. The third-order valence-electron chi connectivity index (χ3n) is 3.78. The summed E-state index contributed by atoms with van der Waals surface area (Å²) in [5, 5.41) is 10.9. The van der Waals surface area contributed by atoms with Gasteiger partial charge in [-0.3, -0.25) is 0 Å². The highest BCUT2D eigenvalue weighted by Crippen LogP contribution is 2.31. The molecule has 4 nitrogen and oxygen atoms in total. The number of halogens is 1. The van der Waals surface area contributed by atoms with E-state index in [2.05, 4.69) is 11.6 Å². The Morgan fingerprint density at radius 2 is 2.05 bits per heavy atom. The molecule has 0 heterocycles. The lowest BCUT2D eigenvalue weighted by Gasteiger charge is -2.35. The molecule has 0 aromatic heterocycles. The minimum Gasteiger partial charge on any atom is -0.389 e. The number of aliphatic hydroxyl groups is 1. The van der Waals surface area contributed by atoms with E-state index in [-0.39, 0.29) is 11.4 Å². The Morgan fingerprint density at radius 3 is 2.65 bits per heavy atom. The topological polar surface area (TPSA) is 66.4 Å². The summed E-state index contributed by atoms with van der Waals surface area (Å²) in [5.41, 5.74) is -0.933. The minimum absolute atomic E-state index is 0.0578. The van der Waals surface area contributed by atoms with Gasteiger partial charge in [0.1, 0.15) is 0 Å². The van der Waals surface area contributed by atoms with Gasteiger partial charge in [0.15, 0.2) is 0 Å². The molecule has 0 bridgehead atoms. The van der Waals surface area contributed by atoms with Gasteiger partial charge in [0.05, 0.1) is 10.5 Å². The average molecular weight is 318 g/mol. The summed E-state index contributed by atoms with van der Waals surface area (Å²) in [5.74, 6) is 0.425. The van der Waals surface area contributed by atoms with Gasteiger partial charge in [0, 0.05) is 11.6 Å². The standard InChI is InChI=1S/C14H20ClNO3S/c1-11-3-2-8-14(17,9-11)10-16-20(18,19)13-6-4-12(15)5-7-13/h4-7,11,16-17H,2-3,8-10H2,1H3. The first kappa shape index (κ1) is 15.8. The van der Waals surface area contributed by atoms with Crippen LogP contribution in [0.5, 0.6) is 0 Å². The van der Waals surface area contributed by atoms with Crippen LogP contribution in [0.2, 0.25) is 5.02 Å². The molecule has 1 saturated carbocycles. The van der Waals surface area contributed by atoms with Crippen LogP contribution in [0.4, 0.5) is 0 Å². The van der Waals surface area contributed by atoms with E-state index in [1.165, 1.54) is 24.3 Å². The molecule has 1 aromatic rings. The smallest absolute Gasteiger partial charge is 0.240 e. The van der Waals surface area contributed by atoms with Gasteiger partial charge in [0.2, 0.25) is 10.0 Å². The van der Waals surface area contributed by atoms with Gasteiger partial charge in [-0.15, -0.1) is 0 Å². The molecule has 1 aliphatic rings. The quantitative estimate of drug-likeness (QED) is 0.897. The fourth-order valence-electron chi connectivity index (χ4n) is 2.72. The number of rotatable bonds is 4. The molecule has 2 atom stereocenters. The van der Waals surface area contributed by atoms with Crippen LogP contribution >= 0.6 is 11.6 Å². The van der Waals surface area contributed by atoms with Crippen molar-refractivity contribution >= 4 is 21.6 Å². The lowest BCUT2D eigenvalue weighted by atomic mass is 9.79. The molecule has 2 unspecified atom stereocenters. The van der Waals surface area contributed by atoms with Crippen molar-refractivity contribution in [2.45, 2.75) is 43.1 Å². The lowest BCUT2D eigenvalue weighted by molar-refractivity contribution is -0.00751. The Bertz CT molecular complexity index is 558. The third-order valence-corrected chi connectivity index (χ3v) is 5.45. The molecular formula is C14H20ClNO3S. The molecule has 0 spiro atoms. The number of hydrogen-bond acceptors (Lipinski definition) is 3. The van der Waals surface area contributed by atoms with Gasteiger partial charge >= 0.3 is 0 Å². The molecule has 1 fully saturated rings. The molecule has 0 radical (unpaired) electrons. The van der Waals surface area contributed by atoms with Gasteiger partial charge in [-0.2, -0.15) is 0 Å². The number of nitrogens with one attached hydrogen (secondary N) is 1. The van der Waals surface area contributed by atoms with Crippen LogP contribution in [0, 0.1) is 5.92 Å². The van der Waals surface area contributed by atoms with Crippen LogP contribution in [0.25, 0.3) is 0 Å². The number of sulfonamides is 1. The van der Waals surface area contributed by atoms with Crippen LogP contribution in [0.3, 0.4) is 0 Å². The zero-order valence-electron chi connectivity index (χ0n) is 11.5. The van der Waals surface area contributed by atoms with Crippen LogP contribution in [0.15, 0.2) is 29.2 Å². The van der Waals surface area contributed by atoms with E-state index in [4.69, 9.17) is 11.6 Å². The first-order valence-electron chi connectivity index (χ1n) is 6.78. The van der Waals surface area contributed by atoms with Crippen molar-refractivity contribution in [1.82, 2.24) is 4.72 Å². The summed E-state index contributed by atoms with van der Waals surface area (Å²) in [6.07, 6.45) is 3.29. The molecule has 0 aliphatic heterocycles. The Kier molecular flexibility index (Phi) is 4.74. The van der Waals surface area contributed by atoms with Crippen molar-refractivity contribution in [1.29, 1.82) is 0 Å². The number of hydrogen-bond donors (Lipinski definition) is 2. The van der Waals surface area contributed by atoms with E-state index in [0.29, 0.717) is 23.8 Å². The van der Waals surface area contributed by atoms with Crippen LogP contribution in [-0.2, 0) is 10.0 Å². The molecule has 112 valence electrons. The Hall–Kier alpha value is -0.620. The third kappa shape index (κ3) is 3.95. The highest BCUT2D eigenvalue weighted by Gasteiger charge is 2.33. The highest BCUT2D eigenvalue weighted by molar-refractivity contribution is 7.89. The number of benzene rings is 1. The Labute approximate surface area is 125 Å². The molecule has 2 N–H and O–H groups in total. The maximum Gasteiger partial charge on any atom is 0.240 e. The van der Waals surface area contributed by atoms with Gasteiger partial charge < -0.3 is 5.11 Å². The van der Waals surface area contributed by atoms with Gasteiger partial charge in [-0.1, -0.05) is 31.4 Å². The van der Waals surface area contributed by atoms with Gasteiger partial charge in [0.25, 0.3) is 0 Å². The molecule has 1 aliphatic carbocycles. The van der Waals surface area contributed by atoms with Crippen molar-refractivity contribution in [3.63, 3.8) is 0 Å². The van der Waals surface area contributed by atoms with Crippen molar-refractivity contribution in [3.8, 4) is 0 Å². The van der Waals surface area contributed by atoms with Crippen molar-refractivity contribution in [2.75, 3.05) is 6.54 Å². The summed E-state index contributed by atoms with van der Waals surface area (Å²) in [7, 11) is -3.60. The Morgan fingerprint density at radius 1 is 1.40 bits per heavy atom. The van der Waals surface area contributed by atoms with E-state index in [1.807, 2.05) is 0 Å². The summed E-state index contributed by atoms with van der Waals surface area (Å²) in [6, 6.07) is 5.98. The maximum absolute atomic E-state index is 12.1. The van der Waals surface area contributed by atoms with Crippen molar-refractivity contribution in [2.24, 2.45) is 5.92 Å². The summed E-state index contributed by atoms with van der Waals surface area (Å²) in [4.78, 5) is 0.161. The van der Waals surface area contributed by atoms with E-state index in [1.54, 1.807) is 0 Å². The molecular weight excluding hydrogens is 298 g/mol. The lowest BCUT2D eigenvalue weighted by Crippen LogP contribution is -2.45. The second kappa shape index (κ2) is 6.02. The van der Waals surface area contributed by atoms with Crippen molar-refractivity contribution in [3.05, 3.63) is 29.3 Å². The van der Waals surface area contributed by atoms with Crippen LogP contribution < -0.4 is 4.72 Å². The van der Waals surface area contributed by atoms with E-state index in [9.17, 15) is 13.5 Å². The predicted octanol–water partition coefficient (Wildman–Crippen LogP) is 2.56. The predicted molar refractivity (Wildman–Crippen MR) is 79.2 cm³/mol. The normalized spacial score (nSPS) is 27.4. The highest BCUT2D eigenvalue weighted by atomic mass is 35.5. The molecule has 1 aromatic carbocycles. The van der Waals surface area contributed by atoms with E-state index in [0.717, 1.165) is 12.8 Å². The summed E-state index contributed by atoms with van der Waals surface area (Å²) >= 11 is 5.74. The van der Waals surface area contributed by atoms with Gasteiger partial charge in [-0.05, 0) is 43.0 Å². The fraction of sp³-hybridized carbons (Fsp3) is 0.571. The van der Waals surface area contributed by atoms with E-state index < -0.39 is 15.6 Å². The van der Waals surface area contributed by atoms with E-state index >= 15 is 0 Å². The van der Waals surface area contributed by atoms with Crippen LogP contribution in [-0.4, -0.2) is 25.7 Å². The molecule has 20 heavy (non-hydrogen) atoms. The zero-order chi connectivity index (χ0) is 14.8. The summed E-state index contributed by atoms with van der Waals surface area (Å²) in [6.45, 7) is 2.14. The molecule has 0 amide bonds. The minimum atomic E-state index is -3.60. The second-order valence-corrected chi connectivity index (χ2v) is 7.91. The van der Waals surface area contributed by atoms with Crippen LogP contribution in [0.1, 0.15) is 32.6 Å². The maximum atomic E-state index is 12.1. The molecule has 6 heteroatoms. The largest absolute Gasteiger partial charge is 0.389 e. The zero-order valence-corrected chi connectivity index (χ0v) is 13.0. The average Bonchev–Trinajstić information content (AvgIpc) is 2.37. The first-order valence-corrected chi connectivity index (χ1v) is 8.64. The van der Waals surface area contributed by atoms with Gasteiger partial charge in [-0.25, -0.2) is 13.1 Å². The Balaban J connectivity index is 2.04. The molecule has 0 saturated heterocycles. The first-order chi connectivity index (χ1) is 9.31. The SMILES string of the molecule is CC1CCCC(O)(CNS(=O)(=O)c2ccc(Cl)cc2)C1. The summed E-state index contributed by atoms with van der Waals surface area (Å²) < 4.78 is 26.8. The second-order valence-electron chi connectivity index (χ2n) is 5.70. The van der Waals surface area contributed by atoms with Crippen molar-refractivity contribution < 1.29 is 13.5 Å².